The van der Waals surface area contributed by atoms with Crippen LogP contribution >= 0.6 is 23.2 Å². The van der Waals surface area contributed by atoms with Crippen molar-refractivity contribution in [2.24, 2.45) is 0 Å². The molecule has 0 atom stereocenters. The molecule has 1 amide bonds. The summed E-state index contributed by atoms with van der Waals surface area (Å²) in [7, 11) is 1.53. The maximum Gasteiger partial charge on any atom is 0.255 e. The first kappa shape index (κ1) is 14.7. The minimum absolute atomic E-state index is 0.235. The molecule has 104 valence electrons. The Labute approximate surface area is 127 Å². The van der Waals surface area contributed by atoms with E-state index in [1.165, 1.54) is 7.11 Å². The lowest BCUT2D eigenvalue weighted by Crippen LogP contribution is -2.12. The summed E-state index contributed by atoms with van der Waals surface area (Å²) in [6.45, 7) is 1.86. The van der Waals surface area contributed by atoms with Crippen LogP contribution in [0.4, 0.5) is 5.69 Å². The quantitative estimate of drug-likeness (QED) is 0.902. The Morgan fingerprint density at radius 3 is 2.40 bits per heavy atom. The molecule has 5 heteroatoms. The van der Waals surface area contributed by atoms with Gasteiger partial charge in [-0.15, -0.1) is 0 Å². The number of nitrogens with one attached hydrogen (secondary N) is 1. The average molecular weight is 310 g/mol. The van der Waals surface area contributed by atoms with Crippen LogP contribution in [-0.2, 0) is 0 Å². The molecule has 1 N–H and O–H groups in total. The van der Waals surface area contributed by atoms with E-state index < -0.39 is 0 Å². The van der Waals surface area contributed by atoms with Crippen molar-refractivity contribution < 1.29 is 9.53 Å². The number of benzene rings is 2. The molecular formula is C15H13Cl2NO2. The molecule has 2 aromatic rings. The number of hydrogen-bond acceptors (Lipinski definition) is 2. The average Bonchev–Trinajstić information content (AvgIpc) is 2.43. The number of carbonyl (C=O) groups excluding carboxylic acids is 1. The largest absolute Gasteiger partial charge is 0.495 e. The number of halogens is 2. The van der Waals surface area contributed by atoms with E-state index in [2.05, 4.69) is 5.32 Å². The van der Waals surface area contributed by atoms with Gasteiger partial charge in [-0.2, -0.15) is 0 Å². The molecule has 3 nitrogen and oxygen atoms in total. The van der Waals surface area contributed by atoms with Gasteiger partial charge in [-0.05, 0) is 42.8 Å². The number of hydrogen-bond donors (Lipinski definition) is 1. The molecule has 2 aromatic carbocycles. The number of rotatable bonds is 3. The maximum absolute atomic E-state index is 12.1. The molecule has 0 heterocycles. The molecule has 2 rings (SSSR count). The summed E-state index contributed by atoms with van der Waals surface area (Å²) in [5, 5.41) is 3.97. The fourth-order valence-corrected chi connectivity index (χ4v) is 2.01. The number of carbonyl (C=O) groups is 1. The molecule has 0 aliphatic carbocycles. The van der Waals surface area contributed by atoms with Crippen LogP contribution in [0.5, 0.6) is 5.75 Å². The smallest absolute Gasteiger partial charge is 0.255 e. The Balaban J connectivity index is 2.27. The molecular weight excluding hydrogens is 297 g/mol. The third-order valence-electron chi connectivity index (χ3n) is 2.84. The monoisotopic (exact) mass is 309 g/mol. The van der Waals surface area contributed by atoms with Crippen molar-refractivity contribution in [2.45, 2.75) is 6.92 Å². The minimum atomic E-state index is -0.235. The molecule has 20 heavy (non-hydrogen) atoms. The Kier molecular flexibility index (Phi) is 4.53. The van der Waals surface area contributed by atoms with E-state index in [-0.39, 0.29) is 5.91 Å². The third-order valence-corrected chi connectivity index (χ3v) is 3.49. The van der Waals surface area contributed by atoms with Gasteiger partial charge in [-0.1, -0.05) is 23.2 Å². The van der Waals surface area contributed by atoms with Gasteiger partial charge >= 0.3 is 0 Å². The van der Waals surface area contributed by atoms with Crippen LogP contribution in [-0.4, -0.2) is 13.0 Å². The highest BCUT2D eigenvalue weighted by Crippen LogP contribution is 2.31. The van der Waals surface area contributed by atoms with Crippen molar-refractivity contribution in [3.8, 4) is 5.75 Å². The fraction of sp³-hybridized carbons (Fsp3) is 0.133. The maximum atomic E-state index is 12.1. The molecule has 0 fully saturated rings. The Morgan fingerprint density at radius 2 is 1.80 bits per heavy atom. The first-order valence-electron chi connectivity index (χ1n) is 5.92. The van der Waals surface area contributed by atoms with Crippen LogP contribution in [0.15, 0.2) is 36.4 Å². The number of methoxy groups -OCH3 is 1. The van der Waals surface area contributed by atoms with E-state index in [1.54, 1.807) is 36.4 Å². The summed E-state index contributed by atoms with van der Waals surface area (Å²) < 4.78 is 5.22. The second-order valence-electron chi connectivity index (χ2n) is 4.26. The summed E-state index contributed by atoms with van der Waals surface area (Å²) >= 11 is 11.8. The van der Waals surface area contributed by atoms with Crippen LogP contribution in [0.3, 0.4) is 0 Å². The van der Waals surface area contributed by atoms with Crippen LogP contribution in [0.1, 0.15) is 15.9 Å². The molecule has 0 aliphatic rings. The van der Waals surface area contributed by atoms with Crippen LogP contribution in [0.2, 0.25) is 10.0 Å². The number of amides is 1. The lowest BCUT2D eigenvalue weighted by atomic mass is 10.1. The van der Waals surface area contributed by atoms with Gasteiger partial charge in [-0.25, -0.2) is 0 Å². The lowest BCUT2D eigenvalue weighted by Gasteiger charge is -2.12. The predicted molar refractivity (Wildman–Crippen MR) is 82.1 cm³/mol. The second-order valence-corrected chi connectivity index (χ2v) is 5.11. The van der Waals surface area contributed by atoms with Crippen molar-refractivity contribution in [3.63, 3.8) is 0 Å². The molecule has 0 saturated carbocycles. The molecule has 0 radical (unpaired) electrons. The van der Waals surface area contributed by atoms with Gasteiger partial charge in [-0.3, -0.25) is 4.79 Å². The minimum Gasteiger partial charge on any atom is -0.495 e. The standard InChI is InChI=1S/C15H13Cl2NO2/c1-9-7-13(14(20-2)8-12(9)17)18-15(19)10-3-5-11(16)6-4-10/h3-8H,1-2H3,(H,18,19). The van der Waals surface area contributed by atoms with Crippen LogP contribution in [0, 0.1) is 6.92 Å². The van der Waals surface area contributed by atoms with Crippen molar-refractivity contribution in [3.05, 3.63) is 57.6 Å². The Bertz CT molecular complexity index is 639. The van der Waals surface area contributed by atoms with Crippen LogP contribution < -0.4 is 10.1 Å². The number of anilines is 1. The van der Waals surface area contributed by atoms with Gasteiger partial charge in [0.05, 0.1) is 12.8 Å². The highest BCUT2D eigenvalue weighted by atomic mass is 35.5. The van der Waals surface area contributed by atoms with E-state index in [1.807, 2.05) is 6.92 Å². The predicted octanol–water partition coefficient (Wildman–Crippen LogP) is 4.56. The summed E-state index contributed by atoms with van der Waals surface area (Å²) in [4.78, 5) is 12.1. The number of aryl methyl sites for hydroxylation is 1. The normalized spacial score (nSPS) is 10.2. The van der Waals surface area contributed by atoms with Gasteiger partial charge in [0.25, 0.3) is 5.91 Å². The summed E-state index contributed by atoms with van der Waals surface area (Å²) in [5.74, 6) is 0.282. The van der Waals surface area contributed by atoms with E-state index in [9.17, 15) is 4.79 Å². The van der Waals surface area contributed by atoms with Gasteiger partial charge in [0, 0.05) is 21.7 Å². The van der Waals surface area contributed by atoms with Gasteiger partial charge in [0.15, 0.2) is 0 Å². The fourth-order valence-electron chi connectivity index (χ4n) is 1.73. The van der Waals surface area contributed by atoms with Gasteiger partial charge in [0.2, 0.25) is 0 Å². The third kappa shape index (κ3) is 3.24. The number of ether oxygens (including phenoxy) is 1. The SMILES string of the molecule is COc1cc(Cl)c(C)cc1NC(=O)c1ccc(Cl)cc1. The first-order valence-corrected chi connectivity index (χ1v) is 6.68. The van der Waals surface area contributed by atoms with Crippen LogP contribution in [0.25, 0.3) is 0 Å². The van der Waals surface area contributed by atoms with Crippen molar-refractivity contribution in [1.82, 2.24) is 0 Å². The molecule has 0 saturated heterocycles. The zero-order chi connectivity index (χ0) is 14.7. The molecule has 0 bridgehead atoms. The second kappa shape index (κ2) is 6.16. The zero-order valence-electron chi connectivity index (χ0n) is 11.0. The zero-order valence-corrected chi connectivity index (χ0v) is 12.5. The summed E-state index contributed by atoms with van der Waals surface area (Å²) in [6.07, 6.45) is 0. The van der Waals surface area contributed by atoms with Gasteiger partial charge < -0.3 is 10.1 Å². The lowest BCUT2D eigenvalue weighted by molar-refractivity contribution is 0.102. The van der Waals surface area contributed by atoms with E-state index in [0.717, 1.165) is 5.56 Å². The topological polar surface area (TPSA) is 38.3 Å². The Hall–Kier alpha value is -1.71. The molecule has 0 unspecified atom stereocenters. The first-order chi connectivity index (χ1) is 9.51. The van der Waals surface area contributed by atoms with E-state index in [0.29, 0.717) is 27.0 Å². The summed E-state index contributed by atoms with van der Waals surface area (Å²) in [5.41, 5.74) is 1.96. The van der Waals surface area contributed by atoms with Crippen molar-refractivity contribution in [1.29, 1.82) is 0 Å². The van der Waals surface area contributed by atoms with Crippen molar-refractivity contribution >= 4 is 34.8 Å². The molecule has 0 aromatic heterocycles. The molecule has 0 aliphatic heterocycles. The summed E-state index contributed by atoms with van der Waals surface area (Å²) in [6, 6.07) is 10.1. The van der Waals surface area contributed by atoms with E-state index in [4.69, 9.17) is 27.9 Å². The highest BCUT2D eigenvalue weighted by Gasteiger charge is 2.11. The van der Waals surface area contributed by atoms with E-state index >= 15 is 0 Å². The highest BCUT2D eigenvalue weighted by molar-refractivity contribution is 6.31. The van der Waals surface area contributed by atoms with Crippen molar-refractivity contribution in [2.75, 3.05) is 12.4 Å². The molecule has 0 spiro atoms. The Morgan fingerprint density at radius 1 is 1.15 bits per heavy atom. The van der Waals surface area contributed by atoms with Gasteiger partial charge in [0.1, 0.15) is 5.75 Å².